The lowest BCUT2D eigenvalue weighted by molar-refractivity contribution is -0.128. The summed E-state index contributed by atoms with van der Waals surface area (Å²) in [5, 5.41) is 0.661. The monoisotopic (exact) mass is 430 g/mol. The molecule has 2 heterocycles. The number of Topliss-reactive ketones (excluding diaryl/α,β-unsaturated/α-hetero) is 1. The summed E-state index contributed by atoms with van der Waals surface area (Å²) in [4.78, 5) is 32.7. The molecule has 1 unspecified atom stereocenters. The lowest BCUT2D eigenvalue weighted by Crippen LogP contribution is -2.47. The van der Waals surface area contributed by atoms with E-state index >= 15 is 0 Å². The molecule has 1 saturated heterocycles. The van der Waals surface area contributed by atoms with Crippen molar-refractivity contribution in [2.75, 3.05) is 27.1 Å². The zero-order chi connectivity index (χ0) is 21.6. The lowest BCUT2D eigenvalue weighted by Gasteiger charge is -2.43. The summed E-state index contributed by atoms with van der Waals surface area (Å²) in [6, 6.07) is 3.09. The normalized spacial score (nSPS) is 22.9. The average Bonchev–Trinajstić information content (AvgIpc) is 2.70. The molecule has 1 amide bonds. The van der Waals surface area contributed by atoms with Crippen LogP contribution in [0.5, 0.6) is 17.2 Å². The van der Waals surface area contributed by atoms with Crippen molar-refractivity contribution in [3.63, 3.8) is 0 Å². The number of ether oxygens (including phenoxy) is 3. The summed E-state index contributed by atoms with van der Waals surface area (Å²) in [7, 11) is 4.65. The minimum absolute atomic E-state index is 0.0320. The first-order valence-corrected chi connectivity index (χ1v) is 10.9. The number of allylic oxidation sites excluding steroid dienone is 1. The number of methoxy groups -OCH3 is 3. The van der Waals surface area contributed by atoms with Gasteiger partial charge in [-0.1, -0.05) is 25.6 Å². The van der Waals surface area contributed by atoms with E-state index in [0.29, 0.717) is 53.0 Å². The van der Waals surface area contributed by atoms with Crippen LogP contribution < -0.4 is 14.2 Å². The van der Waals surface area contributed by atoms with Gasteiger partial charge in [-0.3, -0.25) is 14.5 Å². The number of aliphatic imine (C=N–C) groups is 1. The van der Waals surface area contributed by atoms with Gasteiger partial charge >= 0.3 is 0 Å². The van der Waals surface area contributed by atoms with Gasteiger partial charge in [-0.05, 0) is 29.5 Å². The Kier molecular flexibility index (Phi) is 5.30. The van der Waals surface area contributed by atoms with E-state index in [1.165, 1.54) is 0 Å². The van der Waals surface area contributed by atoms with E-state index in [4.69, 9.17) is 19.2 Å². The zero-order valence-corrected chi connectivity index (χ0v) is 18.7. The third-order valence-electron chi connectivity index (χ3n) is 5.68. The summed E-state index contributed by atoms with van der Waals surface area (Å²) in [5.74, 6) is 2.13. The van der Waals surface area contributed by atoms with E-state index in [2.05, 4.69) is 13.8 Å². The number of carbonyl (C=O) groups excluding carboxylic acids is 2. The molecule has 8 heteroatoms. The molecule has 3 aliphatic rings. The Hall–Kier alpha value is -2.48. The number of ketones is 1. The second-order valence-electron chi connectivity index (χ2n) is 8.42. The minimum atomic E-state index is -0.551. The standard InChI is InChI=1S/C22H26N2O5S/c1-22(2)10-13-18(14(25)11-22)19(24-17(26)6-7-30-21(24)23-13)12-8-15(27-3)20(29-5)16(9-12)28-4/h8-9,19H,6-7,10-11H2,1-5H3. The molecule has 30 heavy (non-hydrogen) atoms. The Labute approximate surface area is 180 Å². The molecule has 2 aliphatic heterocycles. The van der Waals surface area contributed by atoms with Gasteiger partial charge in [0.05, 0.1) is 33.1 Å². The second kappa shape index (κ2) is 7.65. The smallest absolute Gasteiger partial charge is 0.230 e. The van der Waals surface area contributed by atoms with Crippen molar-refractivity contribution in [2.45, 2.75) is 39.2 Å². The molecule has 1 aliphatic carbocycles. The summed E-state index contributed by atoms with van der Waals surface area (Å²) >= 11 is 1.56. The van der Waals surface area contributed by atoms with E-state index < -0.39 is 6.04 Å². The van der Waals surface area contributed by atoms with Crippen LogP contribution in [0.15, 0.2) is 28.4 Å². The fourth-order valence-electron chi connectivity index (χ4n) is 4.40. The Morgan fingerprint density at radius 2 is 1.73 bits per heavy atom. The highest BCUT2D eigenvalue weighted by Gasteiger charge is 2.46. The summed E-state index contributed by atoms with van der Waals surface area (Å²) in [6.07, 6.45) is 1.53. The highest BCUT2D eigenvalue weighted by Crippen LogP contribution is 2.50. The number of fused-ring (bicyclic) bond motifs is 1. The average molecular weight is 431 g/mol. The first-order chi connectivity index (χ1) is 14.3. The molecular formula is C22H26N2O5S. The molecular weight excluding hydrogens is 404 g/mol. The fraction of sp³-hybridized carbons (Fsp3) is 0.500. The molecule has 0 aromatic heterocycles. The number of hydrogen-bond acceptors (Lipinski definition) is 7. The van der Waals surface area contributed by atoms with Crippen LogP contribution in [-0.2, 0) is 9.59 Å². The number of amides is 1. The van der Waals surface area contributed by atoms with E-state index in [1.54, 1.807) is 38.0 Å². The predicted octanol–water partition coefficient (Wildman–Crippen LogP) is 3.73. The Bertz CT molecular complexity index is 957. The van der Waals surface area contributed by atoms with Gasteiger partial charge in [-0.25, -0.2) is 4.99 Å². The molecule has 0 spiro atoms. The molecule has 0 bridgehead atoms. The molecule has 1 fully saturated rings. The van der Waals surface area contributed by atoms with Crippen LogP contribution in [0, 0.1) is 5.41 Å². The lowest BCUT2D eigenvalue weighted by atomic mass is 9.73. The van der Waals surface area contributed by atoms with Gasteiger partial charge in [0, 0.05) is 24.2 Å². The van der Waals surface area contributed by atoms with Gasteiger partial charge in [0.25, 0.3) is 0 Å². The summed E-state index contributed by atoms with van der Waals surface area (Å²) < 4.78 is 16.5. The van der Waals surface area contributed by atoms with Crippen LogP contribution in [0.4, 0.5) is 0 Å². The highest BCUT2D eigenvalue weighted by molar-refractivity contribution is 8.14. The maximum Gasteiger partial charge on any atom is 0.230 e. The fourth-order valence-corrected chi connectivity index (χ4v) is 5.38. The summed E-state index contributed by atoms with van der Waals surface area (Å²) in [5.41, 5.74) is 1.96. The Morgan fingerprint density at radius 1 is 1.07 bits per heavy atom. The second-order valence-corrected chi connectivity index (χ2v) is 9.48. The Morgan fingerprint density at radius 3 is 2.33 bits per heavy atom. The molecule has 7 nitrogen and oxygen atoms in total. The number of rotatable bonds is 4. The molecule has 1 aromatic carbocycles. The van der Waals surface area contributed by atoms with Crippen molar-refractivity contribution in [1.29, 1.82) is 0 Å². The molecule has 0 N–H and O–H groups in total. The third-order valence-corrected chi connectivity index (χ3v) is 6.64. The first-order valence-electron chi connectivity index (χ1n) is 9.89. The third kappa shape index (κ3) is 3.37. The van der Waals surface area contributed by atoms with Crippen LogP contribution in [0.1, 0.15) is 44.7 Å². The number of nitrogens with zero attached hydrogens (tertiary/aromatic N) is 2. The number of benzene rings is 1. The maximum atomic E-state index is 13.3. The SMILES string of the molecule is COc1cc(C2C3=C(CC(C)(C)CC3=O)N=C3SCCC(=O)N32)cc(OC)c1OC. The number of carbonyl (C=O) groups is 2. The van der Waals surface area contributed by atoms with E-state index in [1.807, 2.05) is 12.1 Å². The van der Waals surface area contributed by atoms with Crippen molar-refractivity contribution < 1.29 is 23.8 Å². The van der Waals surface area contributed by atoms with Gasteiger partial charge < -0.3 is 14.2 Å². The highest BCUT2D eigenvalue weighted by atomic mass is 32.2. The molecule has 0 saturated carbocycles. The van der Waals surface area contributed by atoms with Gasteiger partial charge in [0.15, 0.2) is 22.4 Å². The van der Waals surface area contributed by atoms with Crippen LogP contribution >= 0.6 is 11.8 Å². The Balaban J connectivity index is 1.94. The quantitative estimate of drug-likeness (QED) is 0.724. The maximum absolute atomic E-state index is 13.3. The van der Waals surface area contributed by atoms with Gasteiger partial charge in [0.1, 0.15) is 0 Å². The largest absolute Gasteiger partial charge is 0.493 e. The summed E-state index contributed by atoms with van der Waals surface area (Å²) in [6.45, 7) is 4.16. The zero-order valence-electron chi connectivity index (χ0n) is 17.9. The molecule has 4 rings (SSSR count). The van der Waals surface area contributed by atoms with Gasteiger partial charge in [0.2, 0.25) is 11.7 Å². The van der Waals surface area contributed by atoms with E-state index in [9.17, 15) is 9.59 Å². The topological polar surface area (TPSA) is 77.4 Å². The van der Waals surface area contributed by atoms with Crippen molar-refractivity contribution in [1.82, 2.24) is 4.90 Å². The minimum Gasteiger partial charge on any atom is -0.493 e. The molecule has 0 radical (unpaired) electrons. The van der Waals surface area contributed by atoms with Crippen molar-refractivity contribution in [3.8, 4) is 17.2 Å². The van der Waals surface area contributed by atoms with Gasteiger partial charge in [-0.2, -0.15) is 0 Å². The number of amidine groups is 1. The molecule has 160 valence electrons. The van der Waals surface area contributed by atoms with Crippen molar-refractivity contribution in [3.05, 3.63) is 29.0 Å². The van der Waals surface area contributed by atoms with Crippen LogP contribution in [0.2, 0.25) is 0 Å². The molecule has 1 atom stereocenters. The van der Waals surface area contributed by atoms with E-state index in [0.717, 1.165) is 11.3 Å². The van der Waals surface area contributed by atoms with Gasteiger partial charge in [-0.15, -0.1) is 0 Å². The van der Waals surface area contributed by atoms with E-state index in [-0.39, 0.29) is 17.1 Å². The predicted molar refractivity (Wildman–Crippen MR) is 115 cm³/mol. The van der Waals surface area contributed by atoms with Crippen molar-refractivity contribution in [2.24, 2.45) is 10.4 Å². The number of thioether (sulfide) groups is 1. The first kappa shape index (κ1) is 20.8. The number of hydrogen-bond donors (Lipinski definition) is 0. The van der Waals surface area contributed by atoms with Crippen LogP contribution in [0.25, 0.3) is 0 Å². The van der Waals surface area contributed by atoms with Crippen molar-refractivity contribution >= 4 is 28.6 Å². The molecule has 1 aromatic rings. The van der Waals surface area contributed by atoms with Crippen LogP contribution in [0.3, 0.4) is 0 Å². The van der Waals surface area contributed by atoms with Crippen LogP contribution in [-0.4, -0.2) is 48.8 Å².